The Balaban J connectivity index is 2.08. The summed E-state index contributed by atoms with van der Waals surface area (Å²) in [5, 5.41) is 0. The van der Waals surface area contributed by atoms with Crippen molar-refractivity contribution < 1.29 is 0 Å². The summed E-state index contributed by atoms with van der Waals surface area (Å²) in [5.74, 6) is 0. The Morgan fingerprint density at radius 2 is 1.75 bits per heavy atom. The van der Waals surface area contributed by atoms with Crippen LogP contribution in [-0.2, 0) is 0 Å². The van der Waals surface area contributed by atoms with Crippen molar-refractivity contribution in [3.8, 4) is 0 Å². The van der Waals surface area contributed by atoms with Gasteiger partial charge >= 0.3 is 0 Å². The fourth-order valence-electron chi connectivity index (χ4n) is 2.53. The maximum atomic E-state index is 2.47. The maximum absolute atomic E-state index is 2.47. The Labute approximate surface area is 123 Å². The molecule has 0 bridgehead atoms. The van der Waals surface area contributed by atoms with Crippen molar-refractivity contribution in [2.24, 2.45) is 0 Å². The van der Waals surface area contributed by atoms with Crippen LogP contribution >= 0.6 is 0 Å². The molecule has 1 heterocycles. The number of nitrogens with zero attached hydrogens (tertiary/aromatic N) is 2. The van der Waals surface area contributed by atoms with Gasteiger partial charge < -0.3 is 9.80 Å². The number of piperazine rings is 1. The molecule has 20 heavy (non-hydrogen) atoms. The van der Waals surface area contributed by atoms with Crippen molar-refractivity contribution in [2.75, 3.05) is 38.1 Å². The van der Waals surface area contributed by atoms with Crippen molar-refractivity contribution in [1.29, 1.82) is 0 Å². The molecule has 1 aromatic carbocycles. The fourth-order valence-corrected chi connectivity index (χ4v) is 2.53. The number of hydrogen-bond acceptors (Lipinski definition) is 2. The van der Waals surface area contributed by atoms with Crippen LogP contribution < -0.4 is 4.90 Å². The number of benzene rings is 1. The van der Waals surface area contributed by atoms with Crippen molar-refractivity contribution in [3.63, 3.8) is 0 Å². The van der Waals surface area contributed by atoms with E-state index in [0.29, 0.717) is 0 Å². The standard InChI is InChI=1S/C18H26N2/c1-4-6-7-16(5-2)17-8-10-18(11-9-17)20-14-12-19(3)13-15-20/h5-11H,4,12-15H2,1-3H3. The lowest BCUT2D eigenvalue weighted by Gasteiger charge is -2.34. The van der Waals surface area contributed by atoms with E-state index in [1.165, 1.54) is 16.8 Å². The summed E-state index contributed by atoms with van der Waals surface area (Å²) in [5.41, 5.74) is 3.95. The predicted molar refractivity (Wildman–Crippen MR) is 89.2 cm³/mol. The van der Waals surface area contributed by atoms with Gasteiger partial charge in [0.25, 0.3) is 0 Å². The molecule has 2 nitrogen and oxygen atoms in total. The van der Waals surface area contributed by atoms with Crippen LogP contribution in [0.4, 0.5) is 5.69 Å². The molecule has 0 aliphatic carbocycles. The van der Waals surface area contributed by atoms with Crippen LogP contribution in [0.2, 0.25) is 0 Å². The Kier molecular flexibility index (Phi) is 5.42. The van der Waals surface area contributed by atoms with Gasteiger partial charge in [-0.1, -0.05) is 37.3 Å². The van der Waals surface area contributed by atoms with Crippen LogP contribution in [-0.4, -0.2) is 38.1 Å². The summed E-state index contributed by atoms with van der Waals surface area (Å²) in [7, 11) is 2.19. The summed E-state index contributed by atoms with van der Waals surface area (Å²) < 4.78 is 0. The largest absolute Gasteiger partial charge is 0.369 e. The van der Waals surface area contributed by atoms with E-state index >= 15 is 0 Å². The van der Waals surface area contributed by atoms with Gasteiger partial charge in [0.1, 0.15) is 0 Å². The Morgan fingerprint density at radius 3 is 2.30 bits per heavy atom. The summed E-state index contributed by atoms with van der Waals surface area (Å²) in [6.45, 7) is 8.83. The van der Waals surface area contributed by atoms with Gasteiger partial charge in [0.05, 0.1) is 0 Å². The third-order valence-electron chi connectivity index (χ3n) is 3.91. The highest BCUT2D eigenvalue weighted by atomic mass is 15.2. The third kappa shape index (κ3) is 3.73. The predicted octanol–water partition coefficient (Wildman–Crippen LogP) is 3.81. The summed E-state index contributed by atoms with van der Waals surface area (Å²) in [4.78, 5) is 4.86. The Morgan fingerprint density at radius 1 is 1.10 bits per heavy atom. The van der Waals surface area contributed by atoms with Crippen LogP contribution in [0.15, 0.2) is 42.5 Å². The van der Waals surface area contributed by atoms with E-state index in [4.69, 9.17) is 0 Å². The topological polar surface area (TPSA) is 6.48 Å². The van der Waals surface area contributed by atoms with Crippen LogP contribution in [0.3, 0.4) is 0 Å². The average Bonchev–Trinajstić information content (AvgIpc) is 2.49. The lowest BCUT2D eigenvalue weighted by atomic mass is 10.0. The van der Waals surface area contributed by atoms with E-state index in [1.54, 1.807) is 0 Å². The molecule has 1 aliphatic rings. The molecule has 2 rings (SSSR count). The van der Waals surface area contributed by atoms with E-state index in [2.05, 4.69) is 73.2 Å². The van der Waals surface area contributed by atoms with Crippen molar-refractivity contribution in [1.82, 2.24) is 4.90 Å². The molecule has 1 fully saturated rings. The van der Waals surface area contributed by atoms with Gasteiger partial charge in [0.2, 0.25) is 0 Å². The first-order valence-corrected chi connectivity index (χ1v) is 7.61. The molecule has 1 aromatic rings. The van der Waals surface area contributed by atoms with Gasteiger partial charge in [0, 0.05) is 31.9 Å². The number of allylic oxidation sites excluding steroid dienone is 4. The Hall–Kier alpha value is -1.54. The molecular formula is C18H26N2. The number of anilines is 1. The van der Waals surface area contributed by atoms with Gasteiger partial charge in [0.15, 0.2) is 0 Å². The minimum Gasteiger partial charge on any atom is -0.369 e. The van der Waals surface area contributed by atoms with Crippen LogP contribution in [0.25, 0.3) is 5.57 Å². The first-order valence-electron chi connectivity index (χ1n) is 7.61. The highest BCUT2D eigenvalue weighted by Crippen LogP contribution is 2.22. The minimum absolute atomic E-state index is 1.08. The third-order valence-corrected chi connectivity index (χ3v) is 3.91. The molecule has 0 aromatic heterocycles. The van der Waals surface area contributed by atoms with Crippen LogP contribution in [0.5, 0.6) is 0 Å². The SMILES string of the molecule is CC=C(C=CCC)c1ccc(N2CCN(C)CC2)cc1. The normalized spacial score (nSPS) is 17.9. The van der Waals surface area contributed by atoms with Crippen molar-refractivity contribution >= 4 is 11.3 Å². The molecule has 2 heteroatoms. The van der Waals surface area contributed by atoms with E-state index in [-0.39, 0.29) is 0 Å². The summed E-state index contributed by atoms with van der Waals surface area (Å²) in [6.07, 6.45) is 7.68. The van der Waals surface area contributed by atoms with E-state index in [9.17, 15) is 0 Å². The smallest absolute Gasteiger partial charge is 0.0367 e. The molecule has 0 atom stereocenters. The lowest BCUT2D eigenvalue weighted by molar-refractivity contribution is 0.313. The van der Waals surface area contributed by atoms with Crippen LogP contribution in [0, 0.1) is 0 Å². The second-order valence-corrected chi connectivity index (χ2v) is 5.39. The lowest BCUT2D eigenvalue weighted by Crippen LogP contribution is -2.44. The van der Waals surface area contributed by atoms with E-state index < -0.39 is 0 Å². The second-order valence-electron chi connectivity index (χ2n) is 5.39. The highest BCUT2D eigenvalue weighted by Gasteiger charge is 2.13. The maximum Gasteiger partial charge on any atom is 0.0367 e. The molecule has 1 saturated heterocycles. The molecule has 0 saturated carbocycles. The molecule has 0 spiro atoms. The molecule has 0 amide bonds. The minimum atomic E-state index is 1.08. The molecule has 0 unspecified atom stereocenters. The first kappa shape index (κ1) is 14.9. The van der Waals surface area contributed by atoms with Crippen LogP contribution in [0.1, 0.15) is 25.8 Å². The molecule has 0 radical (unpaired) electrons. The zero-order chi connectivity index (χ0) is 14.4. The first-order chi connectivity index (χ1) is 9.74. The second kappa shape index (κ2) is 7.30. The Bertz CT molecular complexity index is 463. The van der Waals surface area contributed by atoms with E-state index in [1.807, 2.05) is 0 Å². The van der Waals surface area contributed by atoms with Crippen molar-refractivity contribution in [2.45, 2.75) is 20.3 Å². The zero-order valence-electron chi connectivity index (χ0n) is 13.0. The molecule has 108 valence electrons. The molecular weight excluding hydrogens is 244 g/mol. The summed E-state index contributed by atoms with van der Waals surface area (Å²) in [6, 6.07) is 8.99. The molecule has 1 aliphatic heterocycles. The van der Waals surface area contributed by atoms with Gasteiger partial charge in [-0.25, -0.2) is 0 Å². The summed E-state index contributed by atoms with van der Waals surface area (Å²) >= 11 is 0. The number of likely N-dealkylation sites (N-methyl/N-ethyl adjacent to an activating group) is 1. The van der Waals surface area contributed by atoms with Gasteiger partial charge in [-0.2, -0.15) is 0 Å². The quantitative estimate of drug-likeness (QED) is 0.768. The van der Waals surface area contributed by atoms with Crippen molar-refractivity contribution in [3.05, 3.63) is 48.1 Å². The fraction of sp³-hybridized carbons (Fsp3) is 0.444. The van der Waals surface area contributed by atoms with Gasteiger partial charge in [-0.15, -0.1) is 0 Å². The number of rotatable bonds is 4. The molecule has 0 N–H and O–H groups in total. The number of hydrogen-bond donors (Lipinski definition) is 0. The highest BCUT2D eigenvalue weighted by molar-refractivity contribution is 5.74. The van der Waals surface area contributed by atoms with Gasteiger partial charge in [-0.3, -0.25) is 0 Å². The monoisotopic (exact) mass is 270 g/mol. The van der Waals surface area contributed by atoms with Gasteiger partial charge in [-0.05, 0) is 43.7 Å². The van der Waals surface area contributed by atoms with E-state index in [0.717, 1.165) is 32.6 Å². The zero-order valence-corrected chi connectivity index (χ0v) is 13.0. The average molecular weight is 270 g/mol.